The fourth-order valence-corrected chi connectivity index (χ4v) is 2.95. The van der Waals surface area contributed by atoms with Gasteiger partial charge in [0.05, 0.1) is 12.2 Å². The van der Waals surface area contributed by atoms with E-state index in [0.717, 1.165) is 43.5 Å². The zero-order chi connectivity index (χ0) is 21.1. The van der Waals surface area contributed by atoms with Crippen molar-refractivity contribution in [1.82, 2.24) is 20.5 Å². The van der Waals surface area contributed by atoms with Crippen LogP contribution < -0.4 is 15.5 Å². The smallest absolute Gasteiger partial charge is 0.191 e. The second kappa shape index (κ2) is 12.1. The van der Waals surface area contributed by atoms with Gasteiger partial charge in [-0.25, -0.2) is 9.98 Å². The van der Waals surface area contributed by atoms with E-state index >= 15 is 0 Å². The Morgan fingerprint density at radius 1 is 1.03 bits per heavy atom. The molecule has 0 saturated carbocycles. The number of guanidine groups is 1. The van der Waals surface area contributed by atoms with E-state index in [0.29, 0.717) is 12.6 Å². The summed E-state index contributed by atoms with van der Waals surface area (Å²) in [6, 6.07) is 17.1. The van der Waals surface area contributed by atoms with E-state index in [-0.39, 0.29) is 0 Å². The highest BCUT2D eigenvalue weighted by atomic mass is 15.2. The van der Waals surface area contributed by atoms with Crippen molar-refractivity contribution in [1.29, 1.82) is 0 Å². The van der Waals surface area contributed by atoms with Crippen LogP contribution in [0.2, 0.25) is 0 Å². The van der Waals surface area contributed by atoms with Gasteiger partial charge in [0.1, 0.15) is 5.82 Å². The Morgan fingerprint density at radius 2 is 1.79 bits per heavy atom. The number of rotatable bonds is 10. The Labute approximate surface area is 176 Å². The van der Waals surface area contributed by atoms with E-state index in [1.165, 1.54) is 5.56 Å². The number of nitrogens with one attached hydrogen (secondary N) is 2. The average molecular weight is 397 g/mol. The summed E-state index contributed by atoms with van der Waals surface area (Å²) in [5.41, 5.74) is 2.31. The summed E-state index contributed by atoms with van der Waals surface area (Å²) in [4.78, 5) is 13.7. The zero-order valence-electron chi connectivity index (χ0n) is 18.5. The first-order valence-electron chi connectivity index (χ1n) is 10.4. The van der Waals surface area contributed by atoms with Gasteiger partial charge in [0, 0.05) is 39.8 Å². The van der Waals surface area contributed by atoms with Crippen molar-refractivity contribution in [3.63, 3.8) is 0 Å². The van der Waals surface area contributed by atoms with Crippen LogP contribution in [0.15, 0.2) is 53.5 Å². The molecule has 0 saturated heterocycles. The quantitative estimate of drug-likeness (QED) is 0.477. The maximum Gasteiger partial charge on any atom is 0.191 e. The van der Waals surface area contributed by atoms with Gasteiger partial charge in [-0.15, -0.1) is 0 Å². The molecule has 2 rings (SSSR count). The van der Waals surface area contributed by atoms with Crippen molar-refractivity contribution in [3.05, 3.63) is 59.8 Å². The van der Waals surface area contributed by atoms with E-state index < -0.39 is 0 Å². The predicted octanol–water partition coefficient (Wildman–Crippen LogP) is 3.11. The second-order valence-electron chi connectivity index (χ2n) is 7.54. The first-order chi connectivity index (χ1) is 14.0. The topological polar surface area (TPSA) is 55.8 Å². The van der Waals surface area contributed by atoms with Crippen LogP contribution in [0.4, 0.5) is 5.82 Å². The Balaban J connectivity index is 1.83. The molecule has 1 aromatic heterocycles. The van der Waals surface area contributed by atoms with Crippen molar-refractivity contribution in [3.8, 4) is 0 Å². The molecular weight excluding hydrogens is 360 g/mol. The third-order valence-electron chi connectivity index (χ3n) is 4.88. The van der Waals surface area contributed by atoms with Gasteiger partial charge < -0.3 is 15.5 Å². The molecule has 0 radical (unpaired) electrons. The summed E-state index contributed by atoms with van der Waals surface area (Å²) in [6.45, 7) is 7.58. The normalized spacial score (nSPS) is 12.7. The van der Waals surface area contributed by atoms with Crippen LogP contribution in [0.5, 0.6) is 0 Å². The van der Waals surface area contributed by atoms with Crippen molar-refractivity contribution >= 4 is 11.8 Å². The van der Waals surface area contributed by atoms with E-state index in [1.807, 2.05) is 37.2 Å². The molecule has 1 unspecified atom stereocenters. The third kappa shape index (κ3) is 8.11. The van der Waals surface area contributed by atoms with Crippen molar-refractivity contribution < 1.29 is 0 Å². The number of aliphatic imine (C=N–C) groups is 1. The number of aromatic nitrogens is 1. The molecule has 0 bridgehead atoms. The summed E-state index contributed by atoms with van der Waals surface area (Å²) < 4.78 is 0. The number of anilines is 1. The summed E-state index contributed by atoms with van der Waals surface area (Å²) in [5.74, 6) is 1.79. The molecule has 1 heterocycles. The van der Waals surface area contributed by atoms with Crippen molar-refractivity contribution in [2.24, 2.45) is 4.99 Å². The van der Waals surface area contributed by atoms with Gasteiger partial charge in [0.15, 0.2) is 5.96 Å². The lowest BCUT2D eigenvalue weighted by Gasteiger charge is -2.25. The molecular formula is C23H36N6. The van der Waals surface area contributed by atoms with Crippen LogP contribution >= 0.6 is 0 Å². The minimum atomic E-state index is 0.476. The third-order valence-corrected chi connectivity index (χ3v) is 4.88. The lowest BCUT2D eigenvalue weighted by Crippen LogP contribution is -2.40. The SMILES string of the molecule is CCNC(=NCc1cccc(N(C)C)n1)NCCC(C)N(C)Cc1ccccc1. The highest BCUT2D eigenvalue weighted by Gasteiger charge is 2.10. The predicted molar refractivity (Wildman–Crippen MR) is 123 cm³/mol. The lowest BCUT2D eigenvalue weighted by atomic mass is 10.1. The maximum atomic E-state index is 4.69. The Bertz CT molecular complexity index is 744. The minimum Gasteiger partial charge on any atom is -0.363 e. The number of hydrogen-bond donors (Lipinski definition) is 2. The number of benzene rings is 1. The molecule has 0 aliphatic heterocycles. The van der Waals surface area contributed by atoms with Crippen LogP contribution in [0, 0.1) is 0 Å². The van der Waals surface area contributed by atoms with Gasteiger partial charge in [0.2, 0.25) is 0 Å². The number of hydrogen-bond acceptors (Lipinski definition) is 4. The van der Waals surface area contributed by atoms with Crippen LogP contribution in [0.1, 0.15) is 31.5 Å². The van der Waals surface area contributed by atoms with Crippen molar-refractivity contribution in [2.75, 3.05) is 39.1 Å². The fraction of sp³-hybridized carbons (Fsp3) is 0.478. The molecule has 158 valence electrons. The van der Waals surface area contributed by atoms with Gasteiger partial charge in [-0.1, -0.05) is 36.4 Å². The molecule has 29 heavy (non-hydrogen) atoms. The molecule has 0 aliphatic rings. The highest BCUT2D eigenvalue weighted by Crippen LogP contribution is 2.09. The number of nitrogens with zero attached hydrogens (tertiary/aromatic N) is 4. The summed E-state index contributed by atoms with van der Waals surface area (Å²) >= 11 is 0. The standard InChI is InChI=1S/C23H36N6/c1-6-24-23(26-17-21-13-10-14-22(27-21)28(3)4)25-16-15-19(2)29(5)18-20-11-8-7-9-12-20/h7-14,19H,6,15-18H2,1-5H3,(H2,24,25,26). The van der Waals surface area contributed by atoms with E-state index in [1.54, 1.807) is 0 Å². The van der Waals surface area contributed by atoms with Gasteiger partial charge in [-0.2, -0.15) is 0 Å². The molecule has 2 aromatic rings. The van der Waals surface area contributed by atoms with Crippen LogP contribution in [0.3, 0.4) is 0 Å². The molecule has 0 aliphatic carbocycles. The molecule has 2 N–H and O–H groups in total. The molecule has 1 aromatic carbocycles. The lowest BCUT2D eigenvalue weighted by molar-refractivity contribution is 0.238. The van der Waals surface area contributed by atoms with E-state index in [2.05, 4.69) is 71.7 Å². The highest BCUT2D eigenvalue weighted by molar-refractivity contribution is 5.79. The van der Waals surface area contributed by atoms with Crippen LogP contribution in [-0.2, 0) is 13.1 Å². The first kappa shape index (κ1) is 22.7. The minimum absolute atomic E-state index is 0.476. The molecule has 0 fully saturated rings. The van der Waals surface area contributed by atoms with E-state index in [9.17, 15) is 0 Å². The van der Waals surface area contributed by atoms with Gasteiger partial charge >= 0.3 is 0 Å². The van der Waals surface area contributed by atoms with Crippen LogP contribution in [-0.4, -0.2) is 56.1 Å². The van der Waals surface area contributed by atoms with E-state index in [4.69, 9.17) is 4.99 Å². The van der Waals surface area contributed by atoms with Crippen LogP contribution in [0.25, 0.3) is 0 Å². The number of pyridine rings is 1. The maximum absolute atomic E-state index is 4.69. The zero-order valence-corrected chi connectivity index (χ0v) is 18.5. The monoisotopic (exact) mass is 396 g/mol. The molecule has 6 nitrogen and oxygen atoms in total. The summed E-state index contributed by atoms with van der Waals surface area (Å²) in [6.07, 6.45) is 1.04. The van der Waals surface area contributed by atoms with Gasteiger partial charge in [-0.05, 0) is 45.0 Å². The molecule has 0 amide bonds. The van der Waals surface area contributed by atoms with Gasteiger partial charge in [0.25, 0.3) is 0 Å². The second-order valence-corrected chi connectivity index (χ2v) is 7.54. The van der Waals surface area contributed by atoms with Gasteiger partial charge in [-0.3, -0.25) is 4.90 Å². The molecule has 0 spiro atoms. The molecule has 1 atom stereocenters. The van der Waals surface area contributed by atoms with Crippen molar-refractivity contribution in [2.45, 2.75) is 39.4 Å². The Kier molecular flexibility index (Phi) is 9.44. The fourth-order valence-electron chi connectivity index (χ4n) is 2.95. The Hall–Kier alpha value is -2.60. The summed E-state index contributed by atoms with van der Waals surface area (Å²) in [5, 5.41) is 6.77. The average Bonchev–Trinajstić information content (AvgIpc) is 2.72. The first-order valence-corrected chi connectivity index (χ1v) is 10.4. The largest absolute Gasteiger partial charge is 0.363 e. The Morgan fingerprint density at radius 3 is 2.48 bits per heavy atom. The molecule has 6 heteroatoms. The summed E-state index contributed by atoms with van der Waals surface area (Å²) in [7, 11) is 6.17.